The summed E-state index contributed by atoms with van der Waals surface area (Å²) in [6.07, 6.45) is 1.90. The molecule has 2 N–H and O–H groups in total. The van der Waals surface area contributed by atoms with Crippen molar-refractivity contribution in [1.82, 2.24) is 20.1 Å². The Hall–Kier alpha value is -1.44. The third kappa shape index (κ3) is 5.45. The van der Waals surface area contributed by atoms with E-state index in [-0.39, 0.29) is 6.61 Å². The Kier molecular flexibility index (Phi) is 6.16. The van der Waals surface area contributed by atoms with Gasteiger partial charge >= 0.3 is 0 Å². The van der Waals surface area contributed by atoms with Gasteiger partial charge in [0.05, 0.1) is 0 Å². The van der Waals surface area contributed by atoms with E-state index in [1.54, 1.807) is 6.33 Å². The molecule has 0 saturated carbocycles. The molecule has 0 saturated heterocycles. The minimum atomic E-state index is -0.548. The highest BCUT2D eigenvalue weighted by atomic mass is 79.9. The van der Waals surface area contributed by atoms with E-state index in [2.05, 4.69) is 31.4 Å². The van der Waals surface area contributed by atoms with E-state index >= 15 is 0 Å². The molecule has 1 atom stereocenters. The fourth-order valence-corrected chi connectivity index (χ4v) is 2.05. The minimum Gasteiger partial charge on any atom is -0.491 e. The standard InChI is InChI=1S/C14H19BrN4O2/c1-19-10-17-18-14(19)6-7-16-8-12(20)9-21-13-4-2-11(15)3-5-13/h2-5,10,12,16,20H,6-9H2,1H3. The van der Waals surface area contributed by atoms with Crippen LogP contribution in [0.25, 0.3) is 0 Å². The Morgan fingerprint density at radius 2 is 2.14 bits per heavy atom. The molecule has 6 nitrogen and oxygen atoms in total. The molecule has 1 unspecified atom stereocenters. The fourth-order valence-electron chi connectivity index (χ4n) is 1.78. The number of nitrogens with zero attached hydrogens (tertiary/aromatic N) is 3. The van der Waals surface area contributed by atoms with Gasteiger partial charge in [0.25, 0.3) is 0 Å². The first-order chi connectivity index (χ1) is 10.1. The number of aromatic nitrogens is 3. The molecule has 2 rings (SSSR count). The van der Waals surface area contributed by atoms with Crippen molar-refractivity contribution < 1.29 is 9.84 Å². The van der Waals surface area contributed by atoms with Crippen LogP contribution >= 0.6 is 15.9 Å². The van der Waals surface area contributed by atoms with E-state index in [9.17, 15) is 5.11 Å². The lowest BCUT2D eigenvalue weighted by molar-refractivity contribution is 0.106. The van der Waals surface area contributed by atoms with Gasteiger partial charge < -0.3 is 19.7 Å². The smallest absolute Gasteiger partial charge is 0.133 e. The summed E-state index contributed by atoms with van der Waals surface area (Å²) in [6, 6.07) is 7.53. The molecule has 1 heterocycles. The molecule has 114 valence electrons. The van der Waals surface area contributed by atoms with Gasteiger partial charge in [-0.25, -0.2) is 0 Å². The van der Waals surface area contributed by atoms with E-state index in [4.69, 9.17) is 4.74 Å². The summed E-state index contributed by atoms with van der Waals surface area (Å²) in [4.78, 5) is 0. The molecule has 0 fully saturated rings. The molecule has 0 aliphatic carbocycles. The highest BCUT2D eigenvalue weighted by Gasteiger charge is 2.06. The van der Waals surface area contributed by atoms with Crippen molar-refractivity contribution in [2.75, 3.05) is 19.7 Å². The van der Waals surface area contributed by atoms with Crippen molar-refractivity contribution in [3.63, 3.8) is 0 Å². The normalized spacial score (nSPS) is 12.3. The molecule has 0 amide bonds. The number of aliphatic hydroxyl groups excluding tert-OH is 1. The maximum absolute atomic E-state index is 9.85. The van der Waals surface area contributed by atoms with Gasteiger partial charge in [-0.05, 0) is 24.3 Å². The van der Waals surface area contributed by atoms with Crippen molar-refractivity contribution >= 4 is 15.9 Å². The number of hydrogen-bond acceptors (Lipinski definition) is 5. The van der Waals surface area contributed by atoms with Gasteiger partial charge in [0.2, 0.25) is 0 Å². The molecule has 1 aromatic heterocycles. The van der Waals surface area contributed by atoms with Gasteiger partial charge in [-0.1, -0.05) is 15.9 Å². The third-order valence-electron chi connectivity index (χ3n) is 2.97. The summed E-state index contributed by atoms with van der Waals surface area (Å²) in [7, 11) is 1.91. The molecule has 0 aliphatic rings. The SMILES string of the molecule is Cn1cnnc1CCNCC(O)COc1ccc(Br)cc1. The highest BCUT2D eigenvalue weighted by molar-refractivity contribution is 9.10. The molecular weight excluding hydrogens is 336 g/mol. The van der Waals surface area contributed by atoms with Crippen LogP contribution in [0.1, 0.15) is 5.82 Å². The Balaban J connectivity index is 1.60. The maximum atomic E-state index is 9.85. The number of benzene rings is 1. The zero-order valence-electron chi connectivity index (χ0n) is 11.9. The molecule has 7 heteroatoms. The van der Waals surface area contributed by atoms with E-state index in [0.717, 1.165) is 29.0 Å². The third-order valence-corrected chi connectivity index (χ3v) is 3.50. The van der Waals surface area contributed by atoms with Crippen LogP contribution < -0.4 is 10.1 Å². The van der Waals surface area contributed by atoms with Gasteiger partial charge in [-0.15, -0.1) is 10.2 Å². The van der Waals surface area contributed by atoms with Crippen molar-refractivity contribution in [1.29, 1.82) is 0 Å². The predicted octanol–water partition coefficient (Wildman–Crippen LogP) is 1.15. The van der Waals surface area contributed by atoms with Crippen LogP contribution in [0.3, 0.4) is 0 Å². The number of nitrogens with one attached hydrogen (secondary N) is 1. The molecule has 1 aromatic carbocycles. The average Bonchev–Trinajstić information content (AvgIpc) is 2.88. The average molecular weight is 355 g/mol. The second kappa shape index (κ2) is 8.11. The quantitative estimate of drug-likeness (QED) is 0.695. The van der Waals surface area contributed by atoms with E-state index in [0.29, 0.717) is 6.54 Å². The van der Waals surface area contributed by atoms with E-state index < -0.39 is 6.10 Å². The van der Waals surface area contributed by atoms with Crippen molar-refractivity contribution in [3.05, 3.63) is 40.9 Å². The minimum absolute atomic E-state index is 0.262. The van der Waals surface area contributed by atoms with Gasteiger partial charge in [0.1, 0.15) is 30.6 Å². The molecule has 2 aromatic rings. The van der Waals surface area contributed by atoms with Crippen molar-refractivity contribution in [2.24, 2.45) is 7.05 Å². The van der Waals surface area contributed by atoms with Crippen LogP contribution in [-0.2, 0) is 13.5 Å². The van der Waals surface area contributed by atoms with Crippen molar-refractivity contribution in [3.8, 4) is 5.75 Å². The summed E-state index contributed by atoms with van der Waals surface area (Å²) in [5.74, 6) is 1.67. The lowest BCUT2D eigenvalue weighted by atomic mass is 10.3. The van der Waals surface area contributed by atoms with Crippen LogP contribution in [0.2, 0.25) is 0 Å². The summed E-state index contributed by atoms with van der Waals surface area (Å²) >= 11 is 3.36. The largest absolute Gasteiger partial charge is 0.491 e. The van der Waals surface area contributed by atoms with Gasteiger partial charge in [-0.2, -0.15) is 0 Å². The van der Waals surface area contributed by atoms with Crippen LogP contribution in [0.5, 0.6) is 5.75 Å². The number of hydrogen-bond donors (Lipinski definition) is 2. The summed E-state index contributed by atoms with van der Waals surface area (Å²) in [5, 5.41) is 20.8. The van der Waals surface area contributed by atoms with Gasteiger partial charge in [0, 0.05) is 31.0 Å². The zero-order valence-corrected chi connectivity index (χ0v) is 13.5. The summed E-state index contributed by atoms with van der Waals surface area (Å²) in [6.45, 7) is 1.48. The molecule has 0 radical (unpaired) electrons. The van der Waals surface area contributed by atoms with Gasteiger partial charge in [0.15, 0.2) is 0 Å². The number of halogens is 1. The number of ether oxygens (including phenoxy) is 1. The summed E-state index contributed by atoms with van der Waals surface area (Å²) in [5.41, 5.74) is 0. The van der Waals surface area contributed by atoms with E-state index in [1.807, 2.05) is 35.9 Å². The molecule has 0 bridgehead atoms. The molecular formula is C14H19BrN4O2. The Morgan fingerprint density at radius 1 is 1.38 bits per heavy atom. The topological polar surface area (TPSA) is 72.2 Å². The zero-order chi connectivity index (χ0) is 15.1. The number of aliphatic hydroxyl groups is 1. The number of rotatable bonds is 8. The first-order valence-electron chi connectivity index (χ1n) is 6.75. The molecule has 21 heavy (non-hydrogen) atoms. The molecule has 0 aliphatic heterocycles. The molecule has 0 spiro atoms. The Bertz CT molecular complexity index is 544. The second-order valence-corrected chi connectivity index (χ2v) is 5.65. The lowest BCUT2D eigenvalue weighted by Gasteiger charge is -2.13. The van der Waals surface area contributed by atoms with E-state index in [1.165, 1.54) is 0 Å². The maximum Gasteiger partial charge on any atom is 0.133 e. The van der Waals surface area contributed by atoms with Crippen molar-refractivity contribution in [2.45, 2.75) is 12.5 Å². The fraction of sp³-hybridized carbons (Fsp3) is 0.429. The van der Waals surface area contributed by atoms with Crippen LogP contribution in [0.15, 0.2) is 35.1 Å². The van der Waals surface area contributed by atoms with Crippen LogP contribution in [-0.4, -0.2) is 45.7 Å². The van der Waals surface area contributed by atoms with Gasteiger partial charge in [-0.3, -0.25) is 0 Å². The summed E-state index contributed by atoms with van der Waals surface area (Å²) < 4.78 is 8.39. The number of aryl methyl sites for hydroxylation is 1. The monoisotopic (exact) mass is 354 g/mol. The second-order valence-electron chi connectivity index (χ2n) is 4.73. The first kappa shape index (κ1) is 15.9. The van der Waals surface area contributed by atoms with Crippen LogP contribution in [0.4, 0.5) is 0 Å². The lowest BCUT2D eigenvalue weighted by Crippen LogP contribution is -2.32. The first-order valence-corrected chi connectivity index (χ1v) is 7.54. The van der Waals surface area contributed by atoms with Crippen LogP contribution in [0, 0.1) is 0 Å². The Labute approximate surface area is 132 Å². The Morgan fingerprint density at radius 3 is 2.81 bits per heavy atom. The highest BCUT2D eigenvalue weighted by Crippen LogP contribution is 2.16. The predicted molar refractivity (Wildman–Crippen MR) is 83.2 cm³/mol.